The van der Waals surface area contributed by atoms with Crippen LogP contribution < -0.4 is 15.4 Å². The van der Waals surface area contributed by atoms with E-state index >= 15 is 0 Å². The van der Waals surface area contributed by atoms with Gasteiger partial charge < -0.3 is 15.4 Å². The number of nitrogens with one attached hydrogen (secondary N) is 2. The Morgan fingerprint density at radius 3 is 2.58 bits per heavy atom. The van der Waals surface area contributed by atoms with Crippen molar-refractivity contribution in [3.05, 3.63) is 47.3 Å². The van der Waals surface area contributed by atoms with Crippen LogP contribution in [0.1, 0.15) is 53.8 Å². The molecule has 1 aromatic heterocycles. The molecule has 6 nitrogen and oxygen atoms in total. The normalized spacial score (nSPS) is 14.7. The highest BCUT2D eigenvalue weighted by Gasteiger charge is 2.16. The van der Waals surface area contributed by atoms with Crippen molar-refractivity contribution in [2.75, 3.05) is 12.4 Å². The van der Waals surface area contributed by atoms with Gasteiger partial charge in [-0.2, -0.15) is 0 Å². The van der Waals surface area contributed by atoms with Crippen LogP contribution in [-0.2, 0) is 6.54 Å². The number of anilines is 1. The van der Waals surface area contributed by atoms with E-state index in [4.69, 9.17) is 4.74 Å². The van der Waals surface area contributed by atoms with Gasteiger partial charge in [-0.15, -0.1) is 0 Å². The minimum Gasteiger partial charge on any atom is -0.497 e. The van der Waals surface area contributed by atoms with E-state index < -0.39 is 0 Å². The molecule has 0 spiro atoms. The van der Waals surface area contributed by atoms with Crippen LogP contribution in [0.4, 0.5) is 5.95 Å². The van der Waals surface area contributed by atoms with Crippen molar-refractivity contribution < 1.29 is 9.53 Å². The lowest BCUT2D eigenvalue weighted by atomic mass is 9.96. The third-order valence-electron chi connectivity index (χ3n) is 4.64. The highest BCUT2D eigenvalue weighted by molar-refractivity contribution is 5.92. The van der Waals surface area contributed by atoms with Crippen LogP contribution in [0.5, 0.6) is 5.75 Å². The van der Waals surface area contributed by atoms with Crippen LogP contribution in [0.2, 0.25) is 0 Å². The molecule has 1 aromatic carbocycles. The summed E-state index contributed by atoms with van der Waals surface area (Å²) in [5.41, 5.74) is 2.18. The first-order valence-corrected chi connectivity index (χ1v) is 9.17. The highest BCUT2D eigenvalue weighted by atomic mass is 16.5. The Balaban J connectivity index is 1.62. The molecule has 138 valence electrons. The smallest absolute Gasteiger partial charge is 0.270 e. The van der Waals surface area contributed by atoms with Gasteiger partial charge in [0.2, 0.25) is 5.95 Å². The van der Waals surface area contributed by atoms with Gasteiger partial charge in [-0.1, -0.05) is 31.4 Å². The molecule has 1 saturated carbocycles. The summed E-state index contributed by atoms with van der Waals surface area (Å²) in [6.07, 6.45) is 6.04. The van der Waals surface area contributed by atoms with Gasteiger partial charge in [0.05, 0.1) is 7.11 Å². The Hall–Kier alpha value is -2.63. The first kappa shape index (κ1) is 18.2. The van der Waals surface area contributed by atoms with Crippen molar-refractivity contribution in [2.45, 2.75) is 51.6 Å². The number of rotatable bonds is 6. The lowest BCUT2D eigenvalue weighted by Gasteiger charge is -2.23. The van der Waals surface area contributed by atoms with E-state index in [1.165, 1.54) is 19.3 Å². The number of carbonyl (C=O) groups is 1. The van der Waals surface area contributed by atoms with E-state index in [1.54, 1.807) is 13.2 Å². The molecule has 0 aliphatic heterocycles. The predicted octanol–water partition coefficient (Wildman–Crippen LogP) is 3.47. The fourth-order valence-corrected chi connectivity index (χ4v) is 3.20. The standard InChI is InChI=1S/C20H26N4O2/c1-14-12-18(24-20(22-14)23-16-6-4-3-5-7-16)19(25)21-13-15-8-10-17(26-2)11-9-15/h8-12,16H,3-7,13H2,1-2H3,(H,21,25)(H,22,23,24). The summed E-state index contributed by atoms with van der Waals surface area (Å²) in [5.74, 6) is 1.15. The zero-order chi connectivity index (χ0) is 18.4. The van der Waals surface area contributed by atoms with Crippen molar-refractivity contribution in [3.63, 3.8) is 0 Å². The van der Waals surface area contributed by atoms with Crippen LogP contribution in [0.3, 0.4) is 0 Å². The topological polar surface area (TPSA) is 76.1 Å². The summed E-state index contributed by atoms with van der Waals surface area (Å²) in [5, 5.41) is 6.30. The largest absolute Gasteiger partial charge is 0.497 e. The second kappa shape index (κ2) is 8.65. The second-order valence-corrected chi connectivity index (χ2v) is 6.73. The summed E-state index contributed by atoms with van der Waals surface area (Å²) < 4.78 is 5.14. The monoisotopic (exact) mass is 354 g/mol. The van der Waals surface area contributed by atoms with Crippen LogP contribution in [-0.4, -0.2) is 29.0 Å². The van der Waals surface area contributed by atoms with Crippen molar-refractivity contribution >= 4 is 11.9 Å². The molecule has 1 heterocycles. The Morgan fingerprint density at radius 1 is 1.15 bits per heavy atom. The van der Waals surface area contributed by atoms with Crippen molar-refractivity contribution in [1.82, 2.24) is 15.3 Å². The summed E-state index contributed by atoms with van der Waals surface area (Å²) >= 11 is 0. The Labute approximate surface area is 154 Å². The second-order valence-electron chi connectivity index (χ2n) is 6.73. The van der Waals surface area contributed by atoms with E-state index in [0.29, 0.717) is 24.2 Å². The molecule has 0 bridgehead atoms. The molecule has 2 N–H and O–H groups in total. The number of aryl methyl sites for hydroxylation is 1. The van der Waals surface area contributed by atoms with Crippen LogP contribution in [0.25, 0.3) is 0 Å². The Morgan fingerprint density at radius 2 is 1.88 bits per heavy atom. The van der Waals surface area contributed by atoms with Crippen molar-refractivity contribution in [3.8, 4) is 5.75 Å². The number of carbonyl (C=O) groups excluding carboxylic acids is 1. The molecule has 26 heavy (non-hydrogen) atoms. The molecule has 3 rings (SSSR count). The summed E-state index contributed by atoms with van der Waals surface area (Å²) in [6, 6.07) is 9.74. The van der Waals surface area contributed by atoms with Gasteiger partial charge in [0.15, 0.2) is 0 Å². The lowest BCUT2D eigenvalue weighted by Crippen LogP contribution is -2.27. The maximum Gasteiger partial charge on any atom is 0.270 e. The molecule has 0 saturated heterocycles. The molecule has 0 radical (unpaired) electrons. The van der Waals surface area contributed by atoms with Crippen molar-refractivity contribution in [1.29, 1.82) is 0 Å². The number of ether oxygens (including phenoxy) is 1. The van der Waals surface area contributed by atoms with Crippen molar-refractivity contribution in [2.24, 2.45) is 0 Å². The zero-order valence-corrected chi connectivity index (χ0v) is 15.4. The van der Waals surface area contributed by atoms with Gasteiger partial charge in [-0.3, -0.25) is 4.79 Å². The number of nitrogens with zero attached hydrogens (tertiary/aromatic N) is 2. The van der Waals surface area contributed by atoms with E-state index in [1.807, 2.05) is 31.2 Å². The molecule has 1 aliphatic carbocycles. The number of aromatic nitrogens is 2. The first-order chi connectivity index (χ1) is 12.6. The predicted molar refractivity (Wildman–Crippen MR) is 101 cm³/mol. The molecule has 1 amide bonds. The van der Waals surface area contributed by atoms with Gasteiger partial charge in [0.25, 0.3) is 5.91 Å². The van der Waals surface area contributed by atoms with Crippen LogP contribution in [0.15, 0.2) is 30.3 Å². The molecule has 6 heteroatoms. The summed E-state index contributed by atoms with van der Waals surface area (Å²) in [4.78, 5) is 21.3. The third-order valence-corrected chi connectivity index (χ3v) is 4.64. The number of hydrogen-bond donors (Lipinski definition) is 2. The Kier molecular flexibility index (Phi) is 6.04. The SMILES string of the molecule is COc1ccc(CNC(=O)c2cc(C)nc(NC3CCCCC3)n2)cc1. The van der Waals surface area contributed by atoms with Crippen LogP contribution >= 0.6 is 0 Å². The summed E-state index contributed by atoms with van der Waals surface area (Å²) in [6.45, 7) is 2.32. The minimum atomic E-state index is -0.196. The fraction of sp³-hybridized carbons (Fsp3) is 0.450. The van der Waals surface area contributed by atoms with Gasteiger partial charge in [0, 0.05) is 18.3 Å². The Bertz CT molecular complexity index is 740. The maximum absolute atomic E-state index is 12.5. The molecule has 1 aliphatic rings. The molecule has 0 unspecified atom stereocenters. The third kappa shape index (κ3) is 4.94. The van der Waals surface area contributed by atoms with Gasteiger partial charge in [0.1, 0.15) is 11.4 Å². The fourth-order valence-electron chi connectivity index (χ4n) is 3.20. The molecule has 2 aromatic rings. The molecule has 0 atom stereocenters. The number of methoxy groups -OCH3 is 1. The van der Waals surface area contributed by atoms with E-state index in [9.17, 15) is 4.79 Å². The molecular weight excluding hydrogens is 328 g/mol. The van der Waals surface area contributed by atoms with Crippen LogP contribution in [0, 0.1) is 6.92 Å². The molecule has 1 fully saturated rings. The minimum absolute atomic E-state index is 0.196. The van der Waals surface area contributed by atoms with Gasteiger partial charge >= 0.3 is 0 Å². The average molecular weight is 354 g/mol. The van der Waals surface area contributed by atoms with E-state index in [2.05, 4.69) is 20.6 Å². The van der Waals surface area contributed by atoms with Gasteiger partial charge in [-0.25, -0.2) is 9.97 Å². The average Bonchev–Trinajstić information content (AvgIpc) is 2.67. The lowest BCUT2D eigenvalue weighted by molar-refractivity contribution is 0.0945. The van der Waals surface area contributed by atoms with E-state index in [0.717, 1.165) is 29.8 Å². The summed E-state index contributed by atoms with van der Waals surface area (Å²) in [7, 11) is 1.63. The number of benzene rings is 1. The quantitative estimate of drug-likeness (QED) is 0.831. The first-order valence-electron chi connectivity index (χ1n) is 9.17. The van der Waals surface area contributed by atoms with E-state index in [-0.39, 0.29) is 5.91 Å². The maximum atomic E-state index is 12.5. The highest BCUT2D eigenvalue weighted by Crippen LogP contribution is 2.20. The zero-order valence-electron chi connectivity index (χ0n) is 15.4. The number of hydrogen-bond acceptors (Lipinski definition) is 5. The number of amides is 1. The molecular formula is C20H26N4O2. The van der Waals surface area contributed by atoms with Gasteiger partial charge in [-0.05, 0) is 43.5 Å².